The van der Waals surface area contributed by atoms with E-state index in [9.17, 15) is 4.39 Å². The molecule has 0 aromatic heterocycles. The first-order valence-corrected chi connectivity index (χ1v) is 4.48. The predicted octanol–water partition coefficient (Wildman–Crippen LogP) is 2.11. The summed E-state index contributed by atoms with van der Waals surface area (Å²) in [6.45, 7) is 1.97. The van der Waals surface area contributed by atoms with Crippen molar-refractivity contribution in [2.24, 2.45) is 0 Å². The van der Waals surface area contributed by atoms with Crippen LogP contribution in [0.2, 0.25) is 0 Å². The van der Waals surface area contributed by atoms with Crippen LogP contribution in [0.5, 0.6) is 0 Å². The number of anilines is 1. The second-order valence-corrected chi connectivity index (χ2v) is 3.14. The third kappa shape index (κ3) is 2.57. The van der Waals surface area contributed by atoms with Crippen molar-refractivity contribution in [1.29, 1.82) is 0 Å². The van der Waals surface area contributed by atoms with Crippen LogP contribution < -0.4 is 5.73 Å². The third-order valence-corrected chi connectivity index (χ3v) is 1.98. The van der Waals surface area contributed by atoms with Gasteiger partial charge in [-0.3, -0.25) is 0 Å². The smallest absolute Gasteiger partial charge is 0.146 e. The van der Waals surface area contributed by atoms with E-state index in [0.29, 0.717) is 6.42 Å². The number of rotatable bonds is 3. The van der Waals surface area contributed by atoms with E-state index in [0.717, 1.165) is 11.1 Å². The molecule has 0 saturated heterocycles. The van der Waals surface area contributed by atoms with Crippen molar-refractivity contribution in [3.8, 4) is 0 Å². The van der Waals surface area contributed by atoms with Crippen LogP contribution in [0.4, 0.5) is 10.1 Å². The quantitative estimate of drug-likeness (QED) is 0.725. The van der Waals surface area contributed by atoms with E-state index in [1.165, 1.54) is 6.07 Å². The van der Waals surface area contributed by atoms with Gasteiger partial charge >= 0.3 is 0 Å². The Morgan fingerprint density at radius 2 is 2.21 bits per heavy atom. The fraction of sp³-hybridized carbons (Fsp3) is 0.273. The van der Waals surface area contributed by atoms with Gasteiger partial charge in [0.25, 0.3) is 0 Å². The number of aliphatic hydroxyl groups is 1. The Morgan fingerprint density at radius 3 is 2.86 bits per heavy atom. The van der Waals surface area contributed by atoms with Crippen LogP contribution >= 0.6 is 0 Å². The van der Waals surface area contributed by atoms with Crippen molar-refractivity contribution in [3.63, 3.8) is 0 Å². The minimum Gasteiger partial charge on any atom is -0.396 e. The molecule has 0 fully saturated rings. The lowest BCUT2D eigenvalue weighted by Gasteiger charge is -2.03. The summed E-state index contributed by atoms with van der Waals surface area (Å²) in [6.07, 6.45) is 4.16. The first-order valence-electron chi connectivity index (χ1n) is 4.48. The van der Waals surface area contributed by atoms with Gasteiger partial charge in [0.05, 0.1) is 5.69 Å². The molecule has 0 aliphatic heterocycles. The Hall–Kier alpha value is -1.35. The molecule has 3 N–H and O–H groups in total. The van der Waals surface area contributed by atoms with Crippen molar-refractivity contribution in [1.82, 2.24) is 0 Å². The molecular weight excluding hydrogens is 181 g/mol. The molecule has 0 amide bonds. The lowest BCUT2D eigenvalue weighted by atomic mass is 10.1. The average molecular weight is 195 g/mol. The molecule has 0 bridgehead atoms. The van der Waals surface area contributed by atoms with Crippen LogP contribution in [-0.2, 0) is 0 Å². The summed E-state index contributed by atoms with van der Waals surface area (Å²) in [5.41, 5.74) is 7.30. The largest absolute Gasteiger partial charge is 0.396 e. The van der Waals surface area contributed by atoms with Gasteiger partial charge in [-0.05, 0) is 36.6 Å². The molecule has 76 valence electrons. The number of hydrogen-bond acceptors (Lipinski definition) is 2. The number of aliphatic hydroxyl groups excluding tert-OH is 1. The van der Waals surface area contributed by atoms with Crippen molar-refractivity contribution < 1.29 is 9.50 Å². The maximum atomic E-state index is 13.1. The second-order valence-electron chi connectivity index (χ2n) is 3.14. The Bertz CT molecular complexity index is 347. The van der Waals surface area contributed by atoms with Gasteiger partial charge < -0.3 is 10.8 Å². The molecule has 0 aliphatic carbocycles. The molecule has 0 radical (unpaired) electrons. The zero-order valence-electron chi connectivity index (χ0n) is 8.13. The highest BCUT2D eigenvalue weighted by atomic mass is 19.1. The van der Waals surface area contributed by atoms with Crippen LogP contribution in [0.3, 0.4) is 0 Å². The summed E-state index contributed by atoms with van der Waals surface area (Å²) >= 11 is 0. The maximum Gasteiger partial charge on any atom is 0.146 e. The molecule has 0 heterocycles. The van der Waals surface area contributed by atoms with E-state index in [2.05, 4.69) is 0 Å². The molecule has 0 aliphatic rings. The third-order valence-electron chi connectivity index (χ3n) is 1.98. The van der Waals surface area contributed by atoms with Crippen LogP contribution in [-0.4, -0.2) is 11.7 Å². The monoisotopic (exact) mass is 195 g/mol. The fourth-order valence-corrected chi connectivity index (χ4v) is 1.18. The van der Waals surface area contributed by atoms with Gasteiger partial charge in [0.2, 0.25) is 0 Å². The molecular formula is C11H14FNO. The molecule has 1 rings (SSSR count). The van der Waals surface area contributed by atoms with Crippen molar-refractivity contribution in [3.05, 3.63) is 35.2 Å². The summed E-state index contributed by atoms with van der Waals surface area (Å²) in [5, 5.41) is 8.57. The average Bonchev–Trinajstić information content (AvgIpc) is 2.14. The minimum absolute atomic E-state index is 0.104. The number of halogens is 1. The Labute approximate surface area is 82.9 Å². The molecule has 2 nitrogen and oxygen atoms in total. The number of nitrogens with two attached hydrogens (primary N) is 1. The highest BCUT2D eigenvalue weighted by molar-refractivity contribution is 5.58. The summed E-state index contributed by atoms with van der Waals surface area (Å²) in [6, 6.07) is 3.01. The molecule has 3 heteroatoms. The summed E-state index contributed by atoms with van der Waals surface area (Å²) in [5.74, 6) is -0.403. The zero-order chi connectivity index (χ0) is 10.6. The van der Waals surface area contributed by atoms with Crippen molar-refractivity contribution >= 4 is 11.8 Å². The van der Waals surface area contributed by atoms with Crippen LogP contribution in [0.1, 0.15) is 17.5 Å². The molecule has 0 spiro atoms. The molecule has 0 atom stereocenters. The zero-order valence-corrected chi connectivity index (χ0v) is 8.13. The van der Waals surface area contributed by atoms with Gasteiger partial charge in [0.15, 0.2) is 0 Å². The molecule has 1 aromatic rings. The fourth-order valence-electron chi connectivity index (χ4n) is 1.18. The van der Waals surface area contributed by atoms with E-state index in [4.69, 9.17) is 10.8 Å². The lowest BCUT2D eigenvalue weighted by Crippen LogP contribution is -1.93. The Morgan fingerprint density at radius 1 is 1.50 bits per heavy atom. The maximum absolute atomic E-state index is 13.1. The SMILES string of the molecule is Cc1cc(N)c(F)cc1C=CCCO. The Balaban J connectivity index is 2.92. The molecule has 14 heavy (non-hydrogen) atoms. The summed E-state index contributed by atoms with van der Waals surface area (Å²) in [4.78, 5) is 0. The lowest BCUT2D eigenvalue weighted by molar-refractivity contribution is 0.303. The highest BCUT2D eigenvalue weighted by Crippen LogP contribution is 2.18. The number of aryl methyl sites for hydroxylation is 1. The van der Waals surface area contributed by atoms with Gasteiger partial charge in [0.1, 0.15) is 5.82 Å². The summed E-state index contributed by atoms with van der Waals surface area (Å²) in [7, 11) is 0. The Kier molecular flexibility index (Phi) is 3.65. The molecule has 0 saturated carbocycles. The topological polar surface area (TPSA) is 46.2 Å². The second kappa shape index (κ2) is 4.77. The first-order chi connectivity index (χ1) is 6.65. The van der Waals surface area contributed by atoms with Crippen LogP contribution in [0.15, 0.2) is 18.2 Å². The van der Waals surface area contributed by atoms with E-state index < -0.39 is 5.82 Å². The van der Waals surface area contributed by atoms with E-state index in [1.807, 2.05) is 6.92 Å². The van der Waals surface area contributed by atoms with Crippen LogP contribution in [0, 0.1) is 12.7 Å². The van der Waals surface area contributed by atoms with Crippen molar-refractivity contribution in [2.75, 3.05) is 12.3 Å². The number of nitrogen functional groups attached to an aromatic ring is 1. The van der Waals surface area contributed by atoms with Crippen LogP contribution in [0.25, 0.3) is 6.08 Å². The van der Waals surface area contributed by atoms with Gasteiger partial charge in [-0.25, -0.2) is 4.39 Å². The van der Waals surface area contributed by atoms with Crippen molar-refractivity contribution in [2.45, 2.75) is 13.3 Å². The molecule has 0 unspecified atom stereocenters. The van der Waals surface area contributed by atoms with Gasteiger partial charge in [-0.2, -0.15) is 0 Å². The molecule has 1 aromatic carbocycles. The predicted molar refractivity (Wildman–Crippen MR) is 56.3 cm³/mol. The normalized spacial score (nSPS) is 11.1. The number of hydrogen-bond donors (Lipinski definition) is 2. The van der Waals surface area contributed by atoms with Gasteiger partial charge in [-0.1, -0.05) is 12.2 Å². The van der Waals surface area contributed by atoms with E-state index in [-0.39, 0.29) is 12.3 Å². The summed E-state index contributed by atoms with van der Waals surface area (Å²) < 4.78 is 13.1. The van der Waals surface area contributed by atoms with Gasteiger partial charge in [-0.15, -0.1) is 0 Å². The standard InChI is InChI=1S/C11H14FNO/c1-8-6-11(13)10(12)7-9(8)4-2-3-5-14/h2,4,6-7,14H,3,5,13H2,1H3. The van der Waals surface area contributed by atoms with E-state index >= 15 is 0 Å². The first kappa shape index (κ1) is 10.7. The minimum atomic E-state index is -0.403. The van der Waals surface area contributed by atoms with Gasteiger partial charge in [0, 0.05) is 6.61 Å². The van der Waals surface area contributed by atoms with E-state index in [1.54, 1.807) is 18.2 Å². The number of benzene rings is 1. The highest BCUT2D eigenvalue weighted by Gasteiger charge is 2.01.